The minimum Gasteiger partial charge on any atom is -0.497 e. The Labute approximate surface area is 174 Å². The molecule has 0 aliphatic heterocycles. The summed E-state index contributed by atoms with van der Waals surface area (Å²) in [5.41, 5.74) is 1.54. The maximum Gasteiger partial charge on any atom is 0.277 e. The number of ether oxygens (including phenoxy) is 2. The molecule has 0 saturated carbocycles. The lowest BCUT2D eigenvalue weighted by atomic mass is 10.2. The average molecular weight is 413 g/mol. The summed E-state index contributed by atoms with van der Waals surface area (Å²) in [5.74, 6) is 1.56. The van der Waals surface area contributed by atoms with Crippen LogP contribution in [0.25, 0.3) is 11.5 Å². The molecule has 7 nitrogen and oxygen atoms in total. The molecule has 3 rings (SSSR count). The molecular weight excluding hydrogens is 390 g/mol. The SMILES string of the molecule is CCN(C(=O)[C@@H](C)Sc1nnc(-c2cc(OC)cc(OC)c2)o1)c1ccccc1. The van der Waals surface area contributed by atoms with Crippen LogP contribution in [-0.4, -0.2) is 42.1 Å². The quantitative estimate of drug-likeness (QED) is 0.510. The third kappa shape index (κ3) is 4.89. The van der Waals surface area contributed by atoms with Gasteiger partial charge in [-0.3, -0.25) is 4.79 Å². The van der Waals surface area contributed by atoms with E-state index in [4.69, 9.17) is 13.9 Å². The van der Waals surface area contributed by atoms with Crippen molar-refractivity contribution in [2.45, 2.75) is 24.3 Å². The molecule has 29 heavy (non-hydrogen) atoms. The number of anilines is 1. The first-order valence-electron chi connectivity index (χ1n) is 9.15. The van der Waals surface area contributed by atoms with Gasteiger partial charge >= 0.3 is 0 Å². The maximum atomic E-state index is 12.9. The maximum absolute atomic E-state index is 12.9. The molecule has 0 radical (unpaired) electrons. The standard InChI is InChI=1S/C21H23N3O4S/c1-5-24(16-9-7-6-8-10-16)20(25)14(2)29-21-23-22-19(28-21)15-11-17(26-3)13-18(12-15)27-4/h6-14H,5H2,1-4H3/t14-/m1/s1. The van der Waals surface area contributed by atoms with Crippen molar-refractivity contribution in [2.24, 2.45) is 0 Å². The van der Waals surface area contributed by atoms with Crippen molar-refractivity contribution < 1.29 is 18.7 Å². The minimum absolute atomic E-state index is 0.0218. The van der Waals surface area contributed by atoms with E-state index in [1.807, 2.05) is 44.2 Å². The largest absolute Gasteiger partial charge is 0.497 e. The van der Waals surface area contributed by atoms with E-state index >= 15 is 0 Å². The number of thioether (sulfide) groups is 1. The third-order valence-electron chi connectivity index (χ3n) is 4.28. The number of benzene rings is 2. The van der Waals surface area contributed by atoms with Gasteiger partial charge in [0.25, 0.3) is 5.22 Å². The Hall–Kier alpha value is -3.00. The number of para-hydroxylation sites is 1. The highest BCUT2D eigenvalue weighted by Crippen LogP contribution is 2.32. The number of rotatable bonds is 8. The van der Waals surface area contributed by atoms with Crippen molar-refractivity contribution in [1.29, 1.82) is 0 Å². The predicted octanol–water partition coefficient (Wildman–Crippen LogP) is 4.29. The summed E-state index contributed by atoms with van der Waals surface area (Å²) >= 11 is 1.23. The summed E-state index contributed by atoms with van der Waals surface area (Å²) in [7, 11) is 3.15. The second-order valence-electron chi connectivity index (χ2n) is 6.15. The summed E-state index contributed by atoms with van der Waals surface area (Å²) in [6.07, 6.45) is 0. The van der Waals surface area contributed by atoms with Crippen LogP contribution in [0.15, 0.2) is 58.2 Å². The summed E-state index contributed by atoms with van der Waals surface area (Å²) in [5, 5.41) is 8.12. The molecule has 0 aliphatic rings. The van der Waals surface area contributed by atoms with Gasteiger partial charge in [-0.25, -0.2) is 0 Å². The fraction of sp³-hybridized carbons (Fsp3) is 0.286. The molecule has 1 atom stereocenters. The average Bonchev–Trinajstić information content (AvgIpc) is 3.23. The second kappa shape index (κ2) is 9.47. The van der Waals surface area contributed by atoms with E-state index in [1.54, 1.807) is 37.3 Å². The highest BCUT2D eigenvalue weighted by molar-refractivity contribution is 8.00. The van der Waals surface area contributed by atoms with Gasteiger partial charge in [0.2, 0.25) is 11.8 Å². The van der Waals surface area contributed by atoms with Crippen LogP contribution in [0.4, 0.5) is 5.69 Å². The number of hydrogen-bond donors (Lipinski definition) is 0. The first-order valence-corrected chi connectivity index (χ1v) is 10.0. The van der Waals surface area contributed by atoms with E-state index in [9.17, 15) is 4.79 Å². The van der Waals surface area contributed by atoms with Gasteiger partial charge in [-0.05, 0) is 38.1 Å². The van der Waals surface area contributed by atoms with Crippen LogP contribution in [0.2, 0.25) is 0 Å². The zero-order valence-corrected chi connectivity index (χ0v) is 17.6. The number of aromatic nitrogens is 2. The van der Waals surface area contributed by atoms with E-state index in [-0.39, 0.29) is 11.2 Å². The van der Waals surface area contributed by atoms with E-state index in [0.717, 1.165) is 5.69 Å². The van der Waals surface area contributed by atoms with Gasteiger partial charge in [0, 0.05) is 23.9 Å². The Morgan fingerprint density at radius 2 is 1.76 bits per heavy atom. The van der Waals surface area contributed by atoms with E-state index < -0.39 is 0 Å². The molecule has 0 spiro atoms. The van der Waals surface area contributed by atoms with Gasteiger partial charge in [-0.15, -0.1) is 10.2 Å². The van der Waals surface area contributed by atoms with E-state index in [1.165, 1.54) is 11.8 Å². The van der Waals surface area contributed by atoms with Crippen molar-refractivity contribution >= 4 is 23.4 Å². The first-order chi connectivity index (χ1) is 14.0. The number of carbonyl (C=O) groups excluding carboxylic acids is 1. The highest BCUT2D eigenvalue weighted by atomic mass is 32.2. The molecule has 1 aromatic heterocycles. The topological polar surface area (TPSA) is 77.7 Å². The molecule has 3 aromatic rings. The van der Waals surface area contributed by atoms with Gasteiger partial charge in [-0.1, -0.05) is 30.0 Å². The number of nitrogens with zero attached hydrogens (tertiary/aromatic N) is 3. The van der Waals surface area contributed by atoms with Crippen LogP contribution in [0, 0.1) is 0 Å². The fourth-order valence-electron chi connectivity index (χ4n) is 2.80. The smallest absolute Gasteiger partial charge is 0.277 e. The monoisotopic (exact) mass is 413 g/mol. The van der Waals surface area contributed by atoms with Crippen LogP contribution in [0.5, 0.6) is 11.5 Å². The lowest BCUT2D eigenvalue weighted by Crippen LogP contribution is -2.36. The molecule has 152 valence electrons. The normalized spacial score (nSPS) is 11.7. The minimum atomic E-state index is -0.386. The number of carbonyl (C=O) groups is 1. The Bertz CT molecular complexity index is 939. The molecule has 0 fully saturated rings. The lowest BCUT2D eigenvalue weighted by molar-refractivity contribution is -0.117. The molecule has 0 bridgehead atoms. The Kier molecular flexibility index (Phi) is 6.77. The zero-order valence-electron chi connectivity index (χ0n) is 16.8. The lowest BCUT2D eigenvalue weighted by Gasteiger charge is -2.23. The summed E-state index contributed by atoms with van der Waals surface area (Å²) < 4.78 is 16.3. The van der Waals surface area contributed by atoms with E-state index in [2.05, 4.69) is 10.2 Å². The number of methoxy groups -OCH3 is 2. The fourth-order valence-corrected chi connectivity index (χ4v) is 3.55. The van der Waals surface area contributed by atoms with Crippen molar-refractivity contribution in [2.75, 3.05) is 25.7 Å². The molecule has 0 aliphatic carbocycles. The van der Waals surface area contributed by atoms with Gasteiger partial charge in [0.1, 0.15) is 11.5 Å². The first kappa shape index (κ1) is 20.7. The zero-order chi connectivity index (χ0) is 20.8. The Morgan fingerprint density at radius 3 is 2.34 bits per heavy atom. The van der Waals surface area contributed by atoms with Crippen molar-refractivity contribution in [3.05, 3.63) is 48.5 Å². The number of amides is 1. The molecule has 0 unspecified atom stereocenters. The molecule has 0 N–H and O–H groups in total. The van der Waals surface area contributed by atoms with E-state index in [0.29, 0.717) is 34.7 Å². The molecule has 1 amide bonds. The molecule has 0 saturated heterocycles. The number of hydrogen-bond acceptors (Lipinski definition) is 7. The third-order valence-corrected chi connectivity index (χ3v) is 5.20. The van der Waals surface area contributed by atoms with Gasteiger partial charge < -0.3 is 18.8 Å². The molecule has 1 heterocycles. The Balaban J connectivity index is 1.75. The van der Waals surface area contributed by atoms with Crippen molar-refractivity contribution in [3.63, 3.8) is 0 Å². The molecule has 2 aromatic carbocycles. The van der Waals surface area contributed by atoms with Crippen molar-refractivity contribution in [1.82, 2.24) is 10.2 Å². The summed E-state index contributed by atoms with van der Waals surface area (Å²) in [6.45, 7) is 4.35. The van der Waals surface area contributed by atoms with Crippen LogP contribution in [-0.2, 0) is 4.79 Å². The second-order valence-corrected chi connectivity index (χ2v) is 7.44. The highest BCUT2D eigenvalue weighted by Gasteiger charge is 2.24. The summed E-state index contributed by atoms with van der Waals surface area (Å²) in [6, 6.07) is 14.9. The van der Waals surface area contributed by atoms with Crippen LogP contribution >= 0.6 is 11.8 Å². The van der Waals surface area contributed by atoms with Crippen LogP contribution < -0.4 is 14.4 Å². The predicted molar refractivity (Wildman–Crippen MR) is 113 cm³/mol. The van der Waals surface area contributed by atoms with Crippen molar-refractivity contribution in [3.8, 4) is 23.0 Å². The van der Waals surface area contributed by atoms with Gasteiger partial charge in [-0.2, -0.15) is 0 Å². The molecule has 8 heteroatoms. The van der Waals surface area contributed by atoms with Crippen LogP contribution in [0.1, 0.15) is 13.8 Å². The van der Waals surface area contributed by atoms with Crippen LogP contribution in [0.3, 0.4) is 0 Å². The summed E-state index contributed by atoms with van der Waals surface area (Å²) in [4.78, 5) is 14.6. The van der Waals surface area contributed by atoms with Gasteiger partial charge in [0.15, 0.2) is 0 Å². The van der Waals surface area contributed by atoms with Gasteiger partial charge in [0.05, 0.1) is 19.5 Å². The molecular formula is C21H23N3O4S. The Morgan fingerprint density at radius 1 is 1.10 bits per heavy atom.